The molecule has 14 heavy (non-hydrogen) atoms. The van der Waals surface area contributed by atoms with E-state index in [0.717, 1.165) is 6.92 Å². The minimum atomic E-state index is -1.55. The fourth-order valence-electron chi connectivity index (χ4n) is 1.83. The standard InChI is InChI=1S/C9H12O5/c1-3(10)5-7(12)6(4(2)11)9(14)8(5)13/h5-8,12-13H,1-2H3. The monoisotopic (exact) mass is 200 g/mol. The highest BCUT2D eigenvalue weighted by molar-refractivity contribution is 6.08. The molecule has 78 valence electrons. The van der Waals surface area contributed by atoms with Crippen molar-refractivity contribution in [2.45, 2.75) is 26.1 Å². The zero-order valence-electron chi connectivity index (χ0n) is 7.93. The first-order chi connectivity index (χ1) is 6.37. The van der Waals surface area contributed by atoms with Gasteiger partial charge in [-0.3, -0.25) is 14.4 Å². The van der Waals surface area contributed by atoms with Crippen molar-refractivity contribution in [1.29, 1.82) is 0 Å². The van der Waals surface area contributed by atoms with Crippen molar-refractivity contribution in [2.24, 2.45) is 11.8 Å². The van der Waals surface area contributed by atoms with E-state index in [2.05, 4.69) is 0 Å². The smallest absolute Gasteiger partial charge is 0.175 e. The van der Waals surface area contributed by atoms with Crippen molar-refractivity contribution >= 4 is 17.3 Å². The Morgan fingerprint density at radius 1 is 1.14 bits per heavy atom. The van der Waals surface area contributed by atoms with Crippen LogP contribution in [0.25, 0.3) is 0 Å². The Morgan fingerprint density at radius 2 is 1.64 bits per heavy atom. The molecule has 0 amide bonds. The van der Waals surface area contributed by atoms with Crippen LogP contribution in [-0.4, -0.2) is 39.8 Å². The molecule has 0 saturated heterocycles. The molecule has 0 bridgehead atoms. The van der Waals surface area contributed by atoms with Gasteiger partial charge in [0.15, 0.2) is 5.78 Å². The van der Waals surface area contributed by atoms with Crippen LogP contribution in [0.15, 0.2) is 0 Å². The van der Waals surface area contributed by atoms with Gasteiger partial charge < -0.3 is 10.2 Å². The first-order valence-electron chi connectivity index (χ1n) is 4.28. The number of carbonyl (C=O) groups is 3. The van der Waals surface area contributed by atoms with Crippen LogP contribution in [0, 0.1) is 11.8 Å². The summed E-state index contributed by atoms with van der Waals surface area (Å²) in [5.74, 6) is -4.17. The minimum Gasteiger partial charge on any atom is -0.391 e. The van der Waals surface area contributed by atoms with E-state index >= 15 is 0 Å². The van der Waals surface area contributed by atoms with E-state index in [1.54, 1.807) is 0 Å². The van der Waals surface area contributed by atoms with Crippen molar-refractivity contribution < 1.29 is 24.6 Å². The summed E-state index contributed by atoms with van der Waals surface area (Å²) in [6, 6.07) is 0. The quantitative estimate of drug-likeness (QED) is 0.540. The number of hydrogen-bond donors (Lipinski definition) is 2. The lowest BCUT2D eigenvalue weighted by molar-refractivity contribution is -0.135. The van der Waals surface area contributed by atoms with Gasteiger partial charge in [0.1, 0.15) is 23.6 Å². The maximum atomic E-state index is 11.3. The second-order valence-corrected chi connectivity index (χ2v) is 3.56. The fraction of sp³-hybridized carbons (Fsp3) is 0.667. The van der Waals surface area contributed by atoms with Crippen LogP contribution in [-0.2, 0) is 14.4 Å². The second kappa shape index (κ2) is 3.59. The van der Waals surface area contributed by atoms with Gasteiger partial charge in [0.25, 0.3) is 0 Å². The van der Waals surface area contributed by atoms with Crippen LogP contribution in [0.1, 0.15) is 13.8 Å². The van der Waals surface area contributed by atoms with Crippen molar-refractivity contribution in [3.05, 3.63) is 0 Å². The van der Waals surface area contributed by atoms with Gasteiger partial charge in [-0.15, -0.1) is 0 Å². The van der Waals surface area contributed by atoms with Gasteiger partial charge >= 0.3 is 0 Å². The van der Waals surface area contributed by atoms with Crippen molar-refractivity contribution in [2.75, 3.05) is 0 Å². The molecule has 0 aromatic heterocycles. The largest absolute Gasteiger partial charge is 0.391 e. The number of rotatable bonds is 2. The van der Waals surface area contributed by atoms with E-state index in [9.17, 15) is 24.6 Å². The molecule has 5 heteroatoms. The lowest BCUT2D eigenvalue weighted by Crippen LogP contribution is -2.32. The Balaban J connectivity index is 3.02. The van der Waals surface area contributed by atoms with Crippen LogP contribution in [0.2, 0.25) is 0 Å². The van der Waals surface area contributed by atoms with E-state index in [-0.39, 0.29) is 0 Å². The molecule has 4 atom stereocenters. The van der Waals surface area contributed by atoms with Crippen LogP contribution in [0.3, 0.4) is 0 Å². The maximum Gasteiger partial charge on any atom is 0.175 e. The van der Waals surface area contributed by atoms with Crippen LogP contribution >= 0.6 is 0 Å². The van der Waals surface area contributed by atoms with E-state index < -0.39 is 41.4 Å². The molecule has 4 unspecified atom stereocenters. The molecule has 0 spiro atoms. The van der Waals surface area contributed by atoms with Gasteiger partial charge in [-0.2, -0.15) is 0 Å². The van der Waals surface area contributed by atoms with E-state index in [1.165, 1.54) is 6.92 Å². The third-order valence-electron chi connectivity index (χ3n) is 2.56. The number of aliphatic hydroxyl groups excluding tert-OH is 2. The zero-order chi connectivity index (χ0) is 11.0. The molecule has 0 aromatic carbocycles. The van der Waals surface area contributed by atoms with Crippen molar-refractivity contribution in [3.8, 4) is 0 Å². The molecule has 1 aliphatic rings. The number of hydrogen-bond acceptors (Lipinski definition) is 5. The first-order valence-corrected chi connectivity index (χ1v) is 4.28. The lowest BCUT2D eigenvalue weighted by Gasteiger charge is -2.14. The Bertz CT molecular complexity index is 296. The van der Waals surface area contributed by atoms with Crippen molar-refractivity contribution in [1.82, 2.24) is 0 Å². The molecule has 0 aliphatic heterocycles. The van der Waals surface area contributed by atoms with E-state index in [4.69, 9.17) is 0 Å². The molecule has 2 N–H and O–H groups in total. The number of ketones is 3. The van der Waals surface area contributed by atoms with Gasteiger partial charge in [-0.1, -0.05) is 0 Å². The normalized spacial score (nSPS) is 37.3. The summed E-state index contributed by atoms with van der Waals surface area (Å²) in [5.41, 5.74) is 0. The highest BCUT2D eigenvalue weighted by Gasteiger charge is 2.52. The third kappa shape index (κ3) is 1.49. The average Bonchev–Trinajstić information content (AvgIpc) is 2.23. The zero-order valence-corrected chi connectivity index (χ0v) is 7.93. The van der Waals surface area contributed by atoms with Gasteiger partial charge in [0.05, 0.1) is 12.0 Å². The van der Waals surface area contributed by atoms with Crippen molar-refractivity contribution in [3.63, 3.8) is 0 Å². The summed E-state index contributed by atoms with van der Waals surface area (Å²) in [6.45, 7) is 2.33. The molecule has 0 heterocycles. The van der Waals surface area contributed by atoms with Crippen LogP contribution < -0.4 is 0 Å². The summed E-state index contributed by atoms with van der Waals surface area (Å²) < 4.78 is 0. The van der Waals surface area contributed by atoms with E-state index in [0.29, 0.717) is 0 Å². The molecular formula is C9H12O5. The van der Waals surface area contributed by atoms with Crippen LogP contribution in [0.5, 0.6) is 0 Å². The lowest BCUT2D eigenvalue weighted by atomic mass is 9.95. The minimum absolute atomic E-state index is 0.484. The van der Waals surface area contributed by atoms with Gasteiger partial charge in [-0.25, -0.2) is 0 Å². The molecule has 0 radical (unpaired) electrons. The van der Waals surface area contributed by atoms with E-state index in [1.807, 2.05) is 0 Å². The Morgan fingerprint density at radius 3 is 1.86 bits per heavy atom. The molecule has 5 nitrogen and oxygen atoms in total. The number of carbonyl (C=O) groups excluding carboxylic acids is 3. The SMILES string of the molecule is CC(=O)C1C(=O)C(O)C(C(C)=O)C1O. The summed E-state index contributed by atoms with van der Waals surface area (Å²) in [6.07, 6.45) is -2.93. The molecule has 1 saturated carbocycles. The summed E-state index contributed by atoms with van der Waals surface area (Å²) >= 11 is 0. The van der Waals surface area contributed by atoms with Crippen LogP contribution in [0.4, 0.5) is 0 Å². The molecular weight excluding hydrogens is 188 g/mol. The van der Waals surface area contributed by atoms with Gasteiger partial charge in [-0.05, 0) is 13.8 Å². The van der Waals surface area contributed by atoms with Gasteiger partial charge in [0.2, 0.25) is 0 Å². The molecule has 1 aliphatic carbocycles. The number of aliphatic hydroxyl groups is 2. The molecule has 1 fully saturated rings. The molecule has 0 aromatic rings. The van der Waals surface area contributed by atoms with Gasteiger partial charge in [0, 0.05) is 0 Å². The highest BCUT2D eigenvalue weighted by atomic mass is 16.3. The Labute approximate surface area is 80.7 Å². The fourth-order valence-corrected chi connectivity index (χ4v) is 1.83. The first kappa shape index (κ1) is 11.0. The predicted molar refractivity (Wildman–Crippen MR) is 45.4 cm³/mol. The number of Topliss-reactive ketones (excluding diaryl/α,β-unsaturated/α-hetero) is 3. The highest BCUT2D eigenvalue weighted by Crippen LogP contribution is 2.30. The topological polar surface area (TPSA) is 91.7 Å². The summed E-state index contributed by atoms with van der Waals surface area (Å²) in [4.78, 5) is 33.3. The average molecular weight is 200 g/mol. The maximum absolute atomic E-state index is 11.3. The Kier molecular flexibility index (Phi) is 2.82. The Hall–Kier alpha value is -1.07. The molecule has 1 rings (SSSR count). The predicted octanol–water partition coefficient (Wildman–Crippen LogP) is -1.30. The third-order valence-corrected chi connectivity index (χ3v) is 2.56. The summed E-state index contributed by atoms with van der Waals surface area (Å²) in [7, 11) is 0. The summed E-state index contributed by atoms with van der Waals surface area (Å²) in [5, 5.41) is 18.8. The second-order valence-electron chi connectivity index (χ2n) is 3.56.